The first-order valence-electron chi connectivity index (χ1n) is 7.91. The number of rotatable bonds is 4. The molecule has 0 aromatic heterocycles. The number of hydrogen-bond acceptors (Lipinski definition) is 3. The minimum Gasteiger partial charge on any atom is -0.342 e. The molecule has 1 fully saturated rings. The van der Waals surface area contributed by atoms with Crippen LogP contribution in [0.15, 0.2) is 29.2 Å². The van der Waals surface area contributed by atoms with E-state index < -0.39 is 10.0 Å². The summed E-state index contributed by atoms with van der Waals surface area (Å²) in [7, 11) is -2.24. The molecule has 23 heavy (non-hydrogen) atoms. The van der Waals surface area contributed by atoms with Gasteiger partial charge in [-0.1, -0.05) is 30.9 Å². The van der Waals surface area contributed by atoms with E-state index in [0.29, 0.717) is 18.1 Å². The summed E-state index contributed by atoms with van der Waals surface area (Å²) in [5.41, 5.74) is 0. The Balaban J connectivity index is 2.02. The van der Waals surface area contributed by atoms with E-state index in [0.717, 1.165) is 30.0 Å². The summed E-state index contributed by atoms with van der Waals surface area (Å²) in [6, 6.07) is 5.97. The molecular weight excluding hydrogens is 336 g/mol. The fourth-order valence-corrected chi connectivity index (χ4v) is 3.91. The summed E-state index contributed by atoms with van der Waals surface area (Å²) in [6.45, 7) is 1.30. The van der Waals surface area contributed by atoms with Crippen LogP contribution < -0.4 is 0 Å². The first-order valence-corrected chi connectivity index (χ1v) is 9.73. The van der Waals surface area contributed by atoms with Gasteiger partial charge in [-0.25, -0.2) is 8.42 Å². The first kappa shape index (κ1) is 18.2. The number of carbonyl (C=O) groups is 1. The Morgan fingerprint density at radius 2 is 1.61 bits per heavy atom. The van der Waals surface area contributed by atoms with E-state index in [4.69, 9.17) is 11.6 Å². The van der Waals surface area contributed by atoms with Gasteiger partial charge in [0.2, 0.25) is 15.9 Å². The van der Waals surface area contributed by atoms with Gasteiger partial charge in [0.25, 0.3) is 0 Å². The molecule has 2 rings (SSSR count). The second kappa shape index (κ2) is 8.13. The van der Waals surface area contributed by atoms with Crippen LogP contribution in [0.4, 0.5) is 0 Å². The predicted octanol–water partition coefficient (Wildman–Crippen LogP) is 2.75. The van der Waals surface area contributed by atoms with E-state index in [1.165, 1.54) is 37.7 Å². The Kier molecular flexibility index (Phi) is 6.44. The Labute approximate surface area is 143 Å². The number of carbonyl (C=O) groups excluding carboxylic acids is 1. The molecule has 0 bridgehead atoms. The van der Waals surface area contributed by atoms with Crippen LogP contribution in [0.2, 0.25) is 5.02 Å². The summed E-state index contributed by atoms with van der Waals surface area (Å²) in [4.78, 5) is 14.3. The van der Waals surface area contributed by atoms with E-state index >= 15 is 0 Å². The number of hydrogen-bond donors (Lipinski definition) is 0. The summed E-state index contributed by atoms with van der Waals surface area (Å²) in [5, 5.41) is 0.475. The van der Waals surface area contributed by atoms with Crippen LogP contribution in [0.25, 0.3) is 0 Å². The second-order valence-electron chi connectivity index (χ2n) is 5.86. The smallest absolute Gasteiger partial charge is 0.243 e. The van der Waals surface area contributed by atoms with Gasteiger partial charge < -0.3 is 4.90 Å². The van der Waals surface area contributed by atoms with Gasteiger partial charge in [-0.05, 0) is 37.1 Å². The lowest BCUT2D eigenvalue weighted by molar-refractivity contribution is -0.131. The van der Waals surface area contributed by atoms with Crippen LogP contribution >= 0.6 is 11.6 Å². The molecule has 5 nitrogen and oxygen atoms in total. The van der Waals surface area contributed by atoms with Crippen molar-refractivity contribution in [3.8, 4) is 0 Å². The number of sulfonamides is 1. The van der Waals surface area contributed by atoms with Crippen molar-refractivity contribution < 1.29 is 13.2 Å². The Morgan fingerprint density at radius 3 is 2.17 bits per heavy atom. The fraction of sp³-hybridized carbons (Fsp3) is 0.562. The van der Waals surface area contributed by atoms with E-state index in [9.17, 15) is 13.2 Å². The summed E-state index contributed by atoms with van der Waals surface area (Å²) in [5.74, 6) is -0.132. The van der Waals surface area contributed by atoms with Crippen LogP contribution in [0.5, 0.6) is 0 Å². The molecule has 1 aliphatic rings. The van der Waals surface area contributed by atoms with Crippen molar-refractivity contribution in [3.05, 3.63) is 29.3 Å². The summed E-state index contributed by atoms with van der Waals surface area (Å²) in [6.07, 6.45) is 5.44. The molecule has 0 radical (unpaired) electrons. The normalized spacial score (nSPS) is 16.9. The molecule has 0 spiro atoms. The van der Waals surface area contributed by atoms with Crippen molar-refractivity contribution >= 4 is 27.5 Å². The van der Waals surface area contributed by atoms with Gasteiger partial charge >= 0.3 is 0 Å². The molecule has 0 atom stereocenters. The summed E-state index contributed by atoms with van der Waals surface area (Å²) >= 11 is 5.79. The van der Waals surface area contributed by atoms with Crippen molar-refractivity contribution in [2.75, 3.05) is 26.7 Å². The van der Waals surface area contributed by atoms with E-state index in [1.807, 2.05) is 0 Å². The molecule has 1 aliphatic heterocycles. The van der Waals surface area contributed by atoms with Crippen molar-refractivity contribution in [2.45, 2.75) is 37.0 Å². The molecule has 0 saturated carbocycles. The molecule has 0 aliphatic carbocycles. The van der Waals surface area contributed by atoms with Crippen LogP contribution in [-0.2, 0) is 14.8 Å². The third kappa shape index (κ3) is 4.93. The van der Waals surface area contributed by atoms with E-state index in [-0.39, 0.29) is 17.3 Å². The number of amides is 1. The topological polar surface area (TPSA) is 57.7 Å². The van der Waals surface area contributed by atoms with E-state index in [2.05, 4.69) is 0 Å². The van der Waals surface area contributed by atoms with Gasteiger partial charge in [0, 0.05) is 25.2 Å². The van der Waals surface area contributed by atoms with Crippen molar-refractivity contribution in [3.63, 3.8) is 0 Å². The van der Waals surface area contributed by atoms with Crippen LogP contribution in [-0.4, -0.2) is 50.2 Å². The van der Waals surface area contributed by atoms with Crippen LogP contribution in [0.3, 0.4) is 0 Å². The zero-order chi connectivity index (χ0) is 16.9. The average molecular weight is 359 g/mol. The number of likely N-dealkylation sites (tertiary alicyclic amines) is 1. The largest absolute Gasteiger partial charge is 0.342 e. The predicted molar refractivity (Wildman–Crippen MR) is 90.9 cm³/mol. The highest BCUT2D eigenvalue weighted by Gasteiger charge is 2.25. The number of nitrogens with zero attached hydrogens (tertiary/aromatic N) is 2. The quantitative estimate of drug-likeness (QED) is 0.831. The lowest BCUT2D eigenvalue weighted by Gasteiger charge is -2.27. The maximum atomic E-state index is 12.5. The zero-order valence-electron chi connectivity index (χ0n) is 13.4. The average Bonchev–Trinajstić information content (AvgIpc) is 2.47. The molecule has 7 heteroatoms. The number of benzene rings is 1. The minimum atomic E-state index is -3.68. The maximum absolute atomic E-state index is 12.5. The lowest BCUT2D eigenvalue weighted by atomic mass is 10.1. The SMILES string of the molecule is CN(CC(=O)N1CCCCCCC1)S(=O)(=O)c1ccc(Cl)cc1. The molecular formula is C16H23ClN2O3S. The molecule has 1 heterocycles. The zero-order valence-corrected chi connectivity index (χ0v) is 14.9. The molecule has 0 unspecified atom stereocenters. The van der Waals surface area contributed by atoms with Crippen molar-refractivity contribution in [1.29, 1.82) is 0 Å². The monoisotopic (exact) mass is 358 g/mol. The van der Waals surface area contributed by atoms with E-state index in [1.54, 1.807) is 4.90 Å². The maximum Gasteiger partial charge on any atom is 0.243 e. The molecule has 1 aromatic carbocycles. The lowest BCUT2D eigenvalue weighted by Crippen LogP contribution is -2.42. The van der Waals surface area contributed by atoms with Gasteiger partial charge in [-0.3, -0.25) is 4.79 Å². The van der Waals surface area contributed by atoms with Gasteiger partial charge in [0.1, 0.15) is 0 Å². The standard InChI is InChI=1S/C16H23ClN2O3S/c1-18(23(21,22)15-9-7-14(17)8-10-15)13-16(20)19-11-5-3-2-4-6-12-19/h7-10H,2-6,11-13H2,1H3. The highest BCUT2D eigenvalue weighted by molar-refractivity contribution is 7.89. The Bertz CT molecular complexity index is 623. The first-order chi connectivity index (χ1) is 10.9. The highest BCUT2D eigenvalue weighted by Crippen LogP contribution is 2.18. The number of halogens is 1. The van der Waals surface area contributed by atoms with Crippen molar-refractivity contribution in [1.82, 2.24) is 9.21 Å². The van der Waals surface area contributed by atoms with Gasteiger partial charge in [-0.2, -0.15) is 4.31 Å². The third-order valence-electron chi connectivity index (χ3n) is 4.09. The van der Waals surface area contributed by atoms with Crippen molar-refractivity contribution in [2.24, 2.45) is 0 Å². The van der Waals surface area contributed by atoms with Gasteiger partial charge in [0.05, 0.1) is 11.4 Å². The minimum absolute atomic E-state index is 0.132. The Hall–Kier alpha value is -1.11. The van der Waals surface area contributed by atoms with Gasteiger partial charge in [0.15, 0.2) is 0 Å². The molecule has 1 amide bonds. The second-order valence-corrected chi connectivity index (χ2v) is 8.34. The third-order valence-corrected chi connectivity index (χ3v) is 6.16. The molecule has 1 aromatic rings. The Morgan fingerprint density at radius 1 is 1.09 bits per heavy atom. The molecule has 0 N–H and O–H groups in total. The fourth-order valence-electron chi connectivity index (χ4n) is 2.66. The van der Waals surface area contributed by atoms with Gasteiger partial charge in [-0.15, -0.1) is 0 Å². The number of likely N-dealkylation sites (N-methyl/N-ethyl adjacent to an activating group) is 1. The molecule has 1 saturated heterocycles. The van der Waals surface area contributed by atoms with Crippen LogP contribution in [0, 0.1) is 0 Å². The summed E-state index contributed by atoms with van der Waals surface area (Å²) < 4.78 is 26.1. The van der Waals surface area contributed by atoms with Crippen LogP contribution in [0.1, 0.15) is 32.1 Å². The highest BCUT2D eigenvalue weighted by atomic mass is 35.5. The molecule has 128 valence electrons.